The summed E-state index contributed by atoms with van der Waals surface area (Å²) in [4.78, 5) is 20.4. The van der Waals surface area contributed by atoms with Crippen LogP contribution in [0.4, 0.5) is 0 Å². The van der Waals surface area contributed by atoms with Crippen molar-refractivity contribution in [2.24, 2.45) is 0 Å². The maximum atomic E-state index is 12.4. The zero-order valence-corrected chi connectivity index (χ0v) is 11.1. The van der Waals surface area contributed by atoms with Gasteiger partial charge >= 0.3 is 0 Å². The van der Waals surface area contributed by atoms with Gasteiger partial charge in [-0.25, -0.2) is 0 Å². The van der Waals surface area contributed by atoms with Crippen LogP contribution in [0.1, 0.15) is 29.8 Å². The predicted molar refractivity (Wildman–Crippen MR) is 73.1 cm³/mol. The van der Waals surface area contributed by atoms with Crippen molar-refractivity contribution in [1.82, 2.24) is 9.97 Å². The first-order valence-electron chi connectivity index (χ1n) is 5.47. The van der Waals surface area contributed by atoms with E-state index < -0.39 is 5.41 Å². The van der Waals surface area contributed by atoms with Crippen molar-refractivity contribution >= 4 is 18.2 Å². The summed E-state index contributed by atoms with van der Waals surface area (Å²) < 4.78 is 0. The molecule has 0 aliphatic carbocycles. The van der Waals surface area contributed by atoms with Crippen molar-refractivity contribution in [2.75, 3.05) is 0 Å². The van der Waals surface area contributed by atoms with Crippen LogP contribution in [0.2, 0.25) is 0 Å². The van der Waals surface area contributed by atoms with E-state index in [4.69, 9.17) is 0 Å². The van der Waals surface area contributed by atoms with E-state index in [2.05, 4.69) is 9.97 Å². The number of hydrogen-bond acceptors (Lipinski definition) is 3. The van der Waals surface area contributed by atoms with Crippen molar-refractivity contribution in [3.63, 3.8) is 0 Å². The van der Waals surface area contributed by atoms with Gasteiger partial charge in [0.1, 0.15) is 0 Å². The fourth-order valence-electron chi connectivity index (χ4n) is 1.72. The number of carbonyl (C=O) groups excluding carboxylic acids is 1. The summed E-state index contributed by atoms with van der Waals surface area (Å²) in [6.45, 7) is 3.80. The number of nitrogens with zero attached hydrogens (tertiary/aromatic N) is 2. The van der Waals surface area contributed by atoms with Crippen LogP contribution >= 0.6 is 12.4 Å². The van der Waals surface area contributed by atoms with Gasteiger partial charge in [0, 0.05) is 30.4 Å². The monoisotopic (exact) mass is 262 g/mol. The molecule has 2 aromatic rings. The molecule has 0 saturated heterocycles. The second-order valence-corrected chi connectivity index (χ2v) is 4.44. The Kier molecular flexibility index (Phi) is 4.56. The van der Waals surface area contributed by atoms with Crippen molar-refractivity contribution in [3.8, 4) is 0 Å². The summed E-state index contributed by atoms with van der Waals surface area (Å²) in [7, 11) is 0. The number of aromatic nitrogens is 2. The van der Waals surface area contributed by atoms with E-state index in [1.807, 2.05) is 26.0 Å². The van der Waals surface area contributed by atoms with E-state index in [0.29, 0.717) is 5.56 Å². The van der Waals surface area contributed by atoms with Crippen molar-refractivity contribution in [3.05, 3.63) is 60.2 Å². The normalized spacial score (nSPS) is 10.6. The van der Waals surface area contributed by atoms with Crippen molar-refractivity contribution < 1.29 is 4.79 Å². The molecule has 0 fully saturated rings. The molecule has 2 rings (SSSR count). The van der Waals surface area contributed by atoms with E-state index in [0.717, 1.165) is 5.56 Å². The number of Topliss-reactive ketones (excluding diaryl/α,β-unsaturated/α-hetero) is 1. The summed E-state index contributed by atoms with van der Waals surface area (Å²) in [5.41, 5.74) is 0.951. The Labute approximate surface area is 113 Å². The molecule has 2 aromatic heterocycles. The highest BCUT2D eigenvalue weighted by atomic mass is 35.5. The maximum Gasteiger partial charge on any atom is 0.174 e. The van der Waals surface area contributed by atoms with Crippen LogP contribution in [-0.4, -0.2) is 15.8 Å². The minimum absolute atomic E-state index is 0. The summed E-state index contributed by atoms with van der Waals surface area (Å²) >= 11 is 0. The van der Waals surface area contributed by atoms with Gasteiger partial charge in [-0.05, 0) is 37.6 Å². The largest absolute Gasteiger partial charge is 0.293 e. The standard InChI is InChI=1S/C14H14N2O.ClH/c1-14(2,12-6-4-8-16-10-12)13(17)11-5-3-7-15-9-11;/h3-10H,1-2H3;1H. The van der Waals surface area contributed by atoms with E-state index in [-0.39, 0.29) is 18.2 Å². The molecule has 0 bridgehead atoms. The molecule has 2 heterocycles. The molecule has 94 valence electrons. The van der Waals surface area contributed by atoms with E-state index in [9.17, 15) is 4.79 Å². The Balaban J connectivity index is 0.00000162. The second kappa shape index (κ2) is 5.74. The Hall–Kier alpha value is -1.74. The molecule has 0 amide bonds. The lowest BCUT2D eigenvalue weighted by Crippen LogP contribution is -2.29. The molecule has 0 aliphatic heterocycles. The Morgan fingerprint density at radius 1 is 1.06 bits per heavy atom. The summed E-state index contributed by atoms with van der Waals surface area (Å²) in [6, 6.07) is 7.31. The van der Waals surface area contributed by atoms with Gasteiger partial charge in [0.25, 0.3) is 0 Å². The van der Waals surface area contributed by atoms with Crippen LogP contribution in [0.15, 0.2) is 49.1 Å². The topological polar surface area (TPSA) is 42.9 Å². The number of hydrogen-bond donors (Lipinski definition) is 0. The zero-order valence-electron chi connectivity index (χ0n) is 10.3. The van der Waals surface area contributed by atoms with Gasteiger partial charge in [0.2, 0.25) is 0 Å². The van der Waals surface area contributed by atoms with Gasteiger partial charge in [-0.1, -0.05) is 6.07 Å². The molecular formula is C14H15ClN2O. The van der Waals surface area contributed by atoms with E-state index in [1.165, 1.54) is 0 Å². The molecule has 0 aliphatic rings. The highest BCUT2D eigenvalue weighted by molar-refractivity contribution is 6.03. The van der Waals surface area contributed by atoms with Crippen LogP contribution in [0.25, 0.3) is 0 Å². The average molecular weight is 263 g/mol. The molecule has 0 radical (unpaired) electrons. The molecule has 0 saturated carbocycles. The third kappa shape index (κ3) is 2.74. The Morgan fingerprint density at radius 2 is 1.67 bits per heavy atom. The van der Waals surface area contributed by atoms with Crippen LogP contribution in [0.5, 0.6) is 0 Å². The fraction of sp³-hybridized carbons (Fsp3) is 0.214. The summed E-state index contributed by atoms with van der Waals surface area (Å²) in [6.07, 6.45) is 6.69. The van der Waals surface area contributed by atoms with Crippen molar-refractivity contribution in [2.45, 2.75) is 19.3 Å². The highest BCUT2D eigenvalue weighted by Crippen LogP contribution is 2.26. The molecule has 0 atom stereocenters. The van der Waals surface area contributed by atoms with Crippen LogP contribution in [0.3, 0.4) is 0 Å². The van der Waals surface area contributed by atoms with Gasteiger partial charge in [-0.3, -0.25) is 14.8 Å². The lowest BCUT2D eigenvalue weighted by atomic mass is 9.79. The number of carbonyl (C=O) groups is 1. The third-order valence-corrected chi connectivity index (χ3v) is 2.87. The van der Waals surface area contributed by atoms with E-state index in [1.54, 1.807) is 36.9 Å². The number of rotatable bonds is 3. The van der Waals surface area contributed by atoms with Crippen LogP contribution in [-0.2, 0) is 5.41 Å². The molecule has 18 heavy (non-hydrogen) atoms. The van der Waals surface area contributed by atoms with E-state index >= 15 is 0 Å². The average Bonchev–Trinajstić information content (AvgIpc) is 2.40. The Morgan fingerprint density at radius 3 is 2.17 bits per heavy atom. The molecule has 0 unspecified atom stereocenters. The van der Waals surface area contributed by atoms with Gasteiger partial charge < -0.3 is 0 Å². The van der Waals surface area contributed by atoms with Gasteiger partial charge in [-0.15, -0.1) is 12.4 Å². The fourth-order valence-corrected chi connectivity index (χ4v) is 1.72. The first-order chi connectivity index (χ1) is 8.12. The number of halogens is 1. The van der Waals surface area contributed by atoms with Crippen LogP contribution in [0, 0.1) is 0 Å². The second-order valence-electron chi connectivity index (χ2n) is 4.44. The lowest BCUT2D eigenvalue weighted by molar-refractivity contribution is 0.0908. The smallest absolute Gasteiger partial charge is 0.174 e. The first kappa shape index (κ1) is 14.3. The van der Waals surface area contributed by atoms with Gasteiger partial charge in [0.05, 0.1) is 5.41 Å². The molecular weight excluding hydrogens is 248 g/mol. The van der Waals surface area contributed by atoms with Gasteiger partial charge in [-0.2, -0.15) is 0 Å². The van der Waals surface area contributed by atoms with Gasteiger partial charge in [0.15, 0.2) is 5.78 Å². The molecule has 0 N–H and O–H groups in total. The molecule has 3 nitrogen and oxygen atoms in total. The quantitative estimate of drug-likeness (QED) is 0.799. The summed E-state index contributed by atoms with van der Waals surface area (Å²) in [5, 5.41) is 0. The minimum atomic E-state index is -0.586. The Bertz CT molecular complexity index is 512. The molecule has 4 heteroatoms. The lowest BCUT2D eigenvalue weighted by Gasteiger charge is -2.23. The molecule has 0 aromatic carbocycles. The number of pyridine rings is 2. The first-order valence-corrected chi connectivity index (χ1v) is 5.47. The zero-order chi connectivity index (χ0) is 12.3. The molecule has 0 spiro atoms. The summed E-state index contributed by atoms with van der Waals surface area (Å²) in [5.74, 6) is 0.0543. The predicted octanol–water partition coefficient (Wildman–Crippen LogP) is 3.06. The van der Waals surface area contributed by atoms with Crippen molar-refractivity contribution in [1.29, 1.82) is 0 Å². The minimum Gasteiger partial charge on any atom is -0.293 e. The maximum absolute atomic E-state index is 12.4. The number of ketones is 1. The van der Waals surface area contributed by atoms with Crippen LogP contribution < -0.4 is 0 Å². The highest BCUT2D eigenvalue weighted by Gasteiger charge is 2.30. The third-order valence-electron chi connectivity index (χ3n) is 2.87. The SMILES string of the molecule is CC(C)(C(=O)c1cccnc1)c1cccnc1.Cl.